The molecule has 0 aliphatic heterocycles. The molecule has 0 aliphatic carbocycles. The molecule has 0 unspecified atom stereocenters. The van der Waals surface area contributed by atoms with E-state index >= 15 is 0 Å². The lowest BCUT2D eigenvalue weighted by Gasteiger charge is -2.09. The molecule has 8 heteroatoms. The minimum atomic E-state index is -4.21. The summed E-state index contributed by atoms with van der Waals surface area (Å²) in [6.45, 7) is -0.278. The lowest BCUT2D eigenvalue weighted by molar-refractivity contribution is 0.146. The summed E-state index contributed by atoms with van der Waals surface area (Å²) in [7, 11) is 0.793. The summed E-state index contributed by atoms with van der Waals surface area (Å²) in [5.74, 6) is 0. The van der Waals surface area contributed by atoms with Gasteiger partial charge >= 0.3 is 0 Å². The van der Waals surface area contributed by atoms with E-state index in [2.05, 4.69) is 4.98 Å². The van der Waals surface area contributed by atoms with E-state index in [1.807, 2.05) is 0 Å². The molecular formula is C7H7ClF2N2O2S. The predicted octanol–water partition coefficient (Wildman–Crippen LogP) is 1.41. The molecule has 1 aromatic rings. The van der Waals surface area contributed by atoms with E-state index < -0.39 is 25.9 Å². The summed E-state index contributed by atoms with van der Waals surface area (Å²) in [5.41, 5.74) is 4.27. The molecule has 0 radical (unpaired) electrons. The van der Waals surface area contributed by atoms with Gasteiger partial charge in [-0.15, -0.1) is 0 Å². The van der Waals surface area contributed by atoms with Crippen molar-refractivity contribution in [1.82, 2.24) is 4.98 Å². The van der Waals surface area contributed by atoms with Crippen LogP contribution in [0.25, 0.3) is 0 Å². The summed E-state index contributed by atoms with van der Waals surface area (Å²) < 4.78 is 47.2. The minimum absolute atomic E-state index is 0.174. The van der Waals surface area contributed by atoms with E-state index in [0.717, 1.165) is 12.3 Å². The van der Waals surface area contributed by atoms with E-state index in [4.69, 9.17) is 16.4 Å². The molecule has 0 aliphatic rings. The summed E-state index contributed by atoms with van der Waals surface area (Å²) in [4.78, 5) is 2.92. The Bertz CT molecular complexity index is 464. The van der Waals surface area contributed by atoms with Crippen LogP contribution in [0.3, 0.4) is 0 Å². The zero-order chi connectivity index (χ0) is 11.6. The molecule has 4 nitrogen and oxygen atoms in total. The van der Waals surface area contributed by atoms with Gasteiger partial charge in [0.25, 0.3) is 15.5 Å². The van der Waals surface area contributed by atoms with Crippen molar-refractivity contribution in [3.63, 3.8) is 0 Å². The second-order valence-corrected chi connectivity index (χ2v) is 5.15. The van der Waals surface area contributed by atoms with Crippen LogP contribution >= 0.6 is 10.7 Å². The largest absolute Gasteiger partial charge is 0.325 e. The van der Waals surface area contributed by atoms with Crippen LogP contribution in [-0.4, -0.2) is 13.4 Å². The van der Waals surface area contributed by atoms with Gasteiger partial charge in [-0.3, -0.25) is 4.98 Å². The van der Waals surface area contributed by atoms with Crippen LogP contribution in [0.5, 0.6) is 0 Å². The number of nitrogens with zero attached hydrogens (tertiary/aromatic N) is 1. The van der Waals surface area contributed by atoms with Gasteiger partial charge in [0.1, 0.15) is 0 Å². The van der Waals surface area contributed by atoms with E-state index in [0.29, 0.717) is 0 Å². The van der Waals surface area contributed by atoms with E-state index in [9.17, 15) is 17.2 Å². The first kappa shape index (κ1) is 12.3. The van der Waals surface area contributed by atoms with Crippen molar-refractivity contribution in [3.8, 4) is 0 Å². The third-order valence-electron chi connectivity index (χ3n) is 1.71. The van der Waals surface area contributed by atoms with Crippen LogP contribution in [0.1, 0.15) is 17.7 Å². The minimum Gasteiger partial charge on any atom is -0.325 e. The maximum absolute atomic E-state index is 12.6. The van der Waals surface area contributed by atoms with Gasteiger partial charge in [0.15, 0.2) is 0 Å². The summed E-state index contributed by atoms with van der Waals surface area (Å²) >= 11 is 0. The highest BCUT2D eigenvalue weighted by atomic mass is 35.7. The summed E-state index contributed by atoms with van der Waals surface area (Å²) in [6.07, 6.45) is -1.91. The van der Waals surface area contributed by atoms with Gasteiger partial charge in [-0.25, -0.2) is 17.2 Å². The maximum Gasteiger partial charge on any atom is 0.266 e. The van der Waals surface area contributed by atoms with Gasteiger partial charge in [0.05, 0.1) is 16.2 Å². The molecule has 1 aromatic heterocycles. The molecule has 0 saturated heterocycles. The smallest absolute Gasteiger partial charge is 0.266 e. The fourth-order valence-corrected chi connectivity index (χ4v) is 2.20. The fraction of sp³-hybridized carbons (Fsp3) is 0.286. The lowest BCUT2D eigenvalue weighted by atomic mass is 10.2. The SMILES string of the molecule is NCc1nccc(S(=O)(=O)Cl)c1C(F)F. The standard InChI is InChI=1S/C7H7ClF2N2O2S/c8-15(13,14)5-1-2-12-4(3-11)6(5)7(9)10/h1-2,7H,3,11H2. The van der Waals surface area contributed by atoms with Crippen molar-refractivity contribution >= 4 is 19.7 Å². The molecule has 84 valence electrons. The lowest BCUT2D eigenvalue weighted by Crippen LogP contribution is -2.09. The molecule has 1 heterocycles. The Morgan fingerprint density at radius 3 is 2.53 bits per heavy atom. The van der Waals surface area contributed by atoms with Gasteiger partial charge in [-0.1, -0.05) is 0 Å². The monoisotopic (exact) mass is 256 g/mol. The molecule has 0 bridgehead atoms. The van der Waals surface area contributed by atoms with Crippen LogP contribution in [0.15, 0.2) is 17.2 Å². The molecule has 1 rings (SSSR count). The van der Waals surface area contributed by atoms with Crippen molar-refractivity contribution in [2.75, 3.05) is 0 Å². The number of aromatic nitrogens is 1. The normalized spacial score (nSPS) is 12.1. The highest BCUT2D eigenvalue weighted by Crippen LogP contribution is 2.30. The molecule has 15 heavy (non-hydrogen) atoms. The highest BCUT2D eigenvalue weighted by molar-refractivity contribution is 8.13. The Labute approximate surface area is 89.5 Å². The first-order valence-corrected chi connectivity index (χ1v) is 6.09. The fourth-order valence-electron chi connectivity index (χ4n) is 1.11. The van der Waals surface area contributed by atoms with Gasteiger partial charge in [-0.2, -0.15) is 0 Å². The molecular weight excluding hydrogens is 250 g/mol. The topological polar surface area (TPSA) is 73.0 Å². The molecule has 0 saturated carbocycles. The summed E-state index contributed by atoms with van der Waals surface area (Å²) in [5, 5.41) is 0. The summed E-state index contributed by atoms with van der Waals surface area (Å²) in [6, 6.07) is 0.920. The van der Waals surface area contributed by atoms with Gasteiger partial charge in [0.2, 0.25) is 0 Å². The number of halogens is 3. The van der Waals surface area contributed by atoms with Gasteiger partial charge in [-0.05, 0) is 6.07 Å². The highest BCUT2D eigenvalue weighted by Gasteiger charge is 2.25. The quantitative estimate of drug-likeness (QED) is 0.830. The van der Waals surface area contributed by atoms with Crippen LogP contribution in [0.2, 0.25) is 0 Å². The van der Waals surface area contributed by atoms with Crippen LogP contribution in [-0.2, 0) is 15.6 Å². The number of pyridine rings is 1. The average molecular weight is 257 g/mol. The molecule has 0 fully saturated rings. The number of hydrogen-bond acceptors (Lipinski definition) is 4. The molecule has 2 N–H and O–H groups in total. The number of nitrogens with two attached hydrogens (primary N) is 1. The van der Waals surface area contributed by atoms with Crippen LogP contribution in [0.4, 0.5) is 8.78 Å². The first-order chi connectivity index (χ1) is 6.88. The van der Waals surface area contributed by atoms with E-state index in [1.54, 1.807) is 0 Å². The maximum atomic E-state index is 12.6. The van der Waals surface area contributed by atoms with E-state index in [-0.39, 0.29) is 12.2 Å². The Balaban J connectivity index is 3.53. The van der Waals surface area contributed by atoms with Crippen molar-refractivity contribution in [2.45, 2.75) is 17.9 Å². The van der Waals surface area contributed by atoms with Crippen molar-refractivity contribution in [2.24, 2.45) is 5.73 Å². The second kappa shape index (κ2) is 4.38. The number of alkyl halides is 2. The Kier molecular flexibility index (Phi) is 3.58. The Morgan fingerprint density at radius 1 is 1.53 bits per heavy atom. The van der Waals surface area contributed by atoms with E-state index in [1.165, 1.54) is 0 Å². The Hall–Kier alpha value is -0.790. The van der Waals surface area contributed by atoms with Crippen molar-refractivity contribution in [1.29, 1.82) is 0 Å². The van der Waals surface area contributed by atoms with Gasteiger partial charge < -0.3 is 5.73 Å². The van der Waals surface area contributed by atoms with Crippen LogP contribution < -0.4 is 5.73 Å². The zero-order valence-corrected chi connectivity index (χ0v) is 8.89. The number of hydrogen-bond donors (Lipinski definition) is 1. The second-order valence-electron chi connectivity index (χ2n) is 2.61. The molecule has 0 aromatic carbocycles. The van der Waals surface area contributed by atoms with Crippen molar-refractivity contribution < 1.29 is 17.2 Å². The molecule has 0 spiro atoms. The first-order valence-electron chi connectivity index (χ1n) is 3.78. The van der Waals surface area contributed by atoms with Gasteiger partial charge in [0, 0.05) is 23.4 Å². The molecule has 0 atom stereocenters. The third kappa shape index (κ3) is 2.61. The van der Waals surface area contributed by atoms with Crippen molar-refractivity contribution in [3.05, 3.63) is 23.5 Å². The third-order valence-corrected chi connectivity index (χ3v) is 3.09. The zero-order valence-electron chi connectivity index (χ0n) is 7.32. The average Bonchev–Trinajstić information content (AvgIpc) is 2.15. The Morgan fingerprint density at radius 2 is 2.13 bits per heavy atom. The predicted molar refractivity (Wildman–Crippen MR) is 50.1 cm³/mol. The number of rotatable bonds is 3. The van der Waals surface area contributed by atoms with Crippen LogP contribution in [0, 0.1) is 0 Å². The molecule has 0 amide bonds.